The number of nitrogen functional groups attached to an aromatic ring is 1. The SMILES string of the molecule is Nc1ncn([C@@H]2O[C@H](COS(=O)(=O)O)[C@@H](O)[C@H]2O)c(=O)n1. The number of nitrogens with zero attached hydrogens (tertiary/aromatic N) is 3. The fraction of sp³-hybridized carbons (Fsp3) is 0.625. The average Bonchev–Trinajstić information content (AvgIpc) is 2.64. The molecule has 0 aliphatic carbocycles. The number of aromatic nitrogens is 3. The van der Waals surface area contributed by atoms with Crippen LogP contribution in [-0.4, -0.2) is 62.6 Å². The zero-order chi connectivity index (χ0) is 15.8. The standard InChI is InChI=1S/C8H12N4O8S/c9-7-10-2-12(8(15)11-7)6-5(14)4(13)3(20-6)1-19-21(16,17)18/h2-6,13-14H,1H2,(H2,9,11,15)(H,16,17,18)/t3-,4-,5-,6-/m1/s1. The van der Waals surface area contributed by atoms with E-state index < -0.39 is 47.2 Å². The molecule has 12 nitrogen and oxygen atoms in total. The van der Waals surface area contributed by atoms with Gasteiger partial charge in [0.15, 0.2) is 6.23 Å². The van der Waals surface area contributed by atoms with E-state index >= 15 is 0 Å². The van der Waals surface area contributed by atoms with E-state index in [4.69, 9.17) is 15.0 Å². The highest BCUT2D eigenvalue weighted by molar-refractivity contribution is 7.80. The molecule has 0 saturated carbocycles. The molecule has 0 aromatic carbocycles. The third kappa shape index (κ3) is 3.52. The average molecular weight is 324 g/mol. The Kier molecular flexibility index (Phi) is 4.22. The van der Waals surface area contributed by atoms with Gasteiger partial charge in [0.1, 0.15) is 24.6 Å². The number of anilines is 1. The molecule has 2 heterocycles. The van der Waals surface area contributed by atoms with E-state index in [-0.39, 0.29) is 5.95 Å². The van der Waals surface area contributed by atoms with E-state index in [9.17, 15) is 23.4 Å². The molecule has 1 fully saturated rings. The molecular weight excluding hydrogens is 312 g/mol. The first-order valence-electron chi connectivity index (χ1n) is 5.53. The van der Waals surface area contributed by atoms with Crippen molar-refractivity contribution < 1.29 is 32.1 Å². The van der Waals surface area contributed by atoms with Crippen LogP contribution in [0.4, 0.5) is 5.95 Å². The molecule has 1 aromatic rings. The van der Waals surface area contributed by atoms with Gasteiger partial charge in [-0.25, -0.2) is 14.0 Å². The summed E-state index contributed by atoms with van der Waals surface area (Å²) < 4.78 is 39.3. The van der Waals surface area contributed by atoms with Crippen molar-refractivity contribution in [3.8, 4) is 0 Å². The molecule has 5 N–H and O–H groups in total. The molecule has 2 rings (SSSR count). The van der Waals surface area contributed by atoms with Crippen molar-refractivity contribution in [2.75, 3.05) is 12.3 Å². The summed E-state index contributed by atoms with van der Waals surface area (Å²) in [6.45, 7) is -0.752. The van der Waals surface area contributed by atoms with Gasteiger partial charge in [-0.2, -0.15) is 13.4 Å². The molecule has 0 spiro atoms. The minimum Gasteiger partial charge on any atom is -0.387 e. The van der Waals surface area contributed by atoms with E-state index in [1.54, 1.807) is 0 Å². The van der Waals surface area contributed by atoms with Crippen LogP contribution in [0.3, 0.4) is 0 Å². The Balaban J connectivity index is 2.18. The molecule has 1 aliphatic rings. The first kappa shape index (κ1) is 15.7. The number of hydrogen-bond acceptors (Lipinski definition) is 10. The summed E-state index contributed by atoms with van der Waals surface area (Å²) >= 11 is 0. The van der Waals surface area contributed by atoms with E-state index in [0.29, 0.717) is 0 Å². The molecule has 0 bridgehead atoms. The summed E-state index contributed by atoms with van der Waals surface area (Å²) in [6.07, 6.45) is -4.82. The van der Waals surface area contributed by atoms with Gasteiger partial charge in [-0.3, -0.25) is 9.12 Å². The molecule has 1 aromatic heterocycles. The van der Waals surface area contributed by atoms with Gasteiger partial charge in [0.25, 0.3) is 0 Å². The van der Waals surface area contributed by atoms with E-state index in [1.165, 1.54) is 0 Å². The fourth-order valence-corrected chi connectivity index (χ4v) is 2.09. The van der Waals surface area contributed by atoms with Gasteiger partial charge in [-0.15, -0.1) is 0 Å². The first-order valence-corrected chi connectivity index (χ1v) is 6.89. The zero-order valence-electron chi connectivity index (χ0n) is 10.3. The van der Waals surface area contributed by atoms with Gasteiger partial charge >= 0.3 is 16.1 Å². The highest BCUT2D eigenvalue weighted by atomic mass is 32.3. The highest BCUT2D eigenvalue weighted by Gasteiger charge is 2.44. The van der Waals surface area contributed by atoms with Gasteiger partial charge < -0.3 is 20.7 Å². The minimum atomic E-state index is -4.73. The lowest BCUT2D eigenvalue weighted by molar-refractivity contribution is -0.0523. The normalized spacial score (nSPS) is 29.7. The Morgan fingerprint density at radius 3 is 2.67 bits per heavy atom. The van der Waals surface area contributed by atoms with Crippen LogP contribution in [0.5, 0.6) is 0 Å². The molecule has 1 aliphatic heterocycles. The van der Waals surface area contributed by atoms with Crippen molar-refractivity contribution in [1.29, 1.82) is 0 Å². The van der Waals surface area contributed by atoms with Crippen molar-refractivity contribution in [3.05, 3.63) is 16.8 Å². The summed E-state index contributed by atoms with van der Waals surface area (Å²) in [5.41, 5.74) is 4.33. The number of nitrogens with two attached hydrogens (primary N) is 1. The molecular formula is C8H12N4O8S. The molecule has 4 atom stereocenters. The summed E-state index contributed by atoms with van der Waals surface area (Å²) in [5, 5.41) is 19.5. The molecule has 21 heavy (non-hydrogen) atoms. The molecule has 13 heteroatoms. The van der Waals surface area contributed by atoms with Crippen LogP contribution in [-0.2, 0) is 19.3 Å². The summed E-state index contributed by atoms with van der Waals surface area (Å²) in [7, 11) is -4.73. The van der Waals surface area contributed by atoms with Crippen LogP contribution in [0.25, 0.3) is 0 Å². The van der Waals surface area contributed by atoms with Crippen LogP contribution in [0.1, 0.15) is 6.23 Å². The second-order valence-electron chi connectivity index (χ2n) is 4.16. The summed E-state index contributed by atoms with van der Waals surface area (Å²) in [6, 6.07) is 0. The maximum Gasteiger partial charge on any atom is 0.397 e. The maximum absolute atomic E-state index is 11.6. The number of aliphatic hydroxyl groups is 2. The maximum atomic E-state index is 11.6. The van der Waals surface area contributed by atoms with E-state index in [0.717, 1.165) is 10.9 Å². The first-order chi connectivity index (χ1) is 9.69. The summed E-state index contributed by atoms with van der Waals surface area (Å²) in [4.78, 5) is 18.5. The van der Waals surface area contributed by atoms with Gasteiger partial charge in [-0.1, -0.05) is 0 Å². The van der Waals surface area contributed by atoms with E-state index in [1.807, 2.05) is 0 Å². The Labute approximate surface area is 117 Å². The van der Waals surface area contributed by atoms with Crippen molar-refractivity contribution >= 4 is 16.3 Å². The predicted octanol–water partition coefficient (Wildman–Crippen LogP) is -3.34. The molecule has 0 unspecified atom stereocenters. The molecule has 118 valence electrons. The third-order valence-electron chi connectivity index (χ3n) is 2.74. The molecule has 0 amide bonds. The lowest BCUT2D eigenvalue weighted by Gasteiger charge is -2.16. The van der Waals surface area contributed by atoms with Crippen LogP contribution >= 0.6 is 0 Å². The second-order valence-corrected chi connectivity index (χ2v) is 5.25. The topological polar surface area (TPSA) is 187 Å². The predicted molar refractivity (Wildman–Crippen MR) is 64.1 cm³/mol. The van der Waals surface area contributed by atoms with E-state index in [2.05, 4.69) is 14.2 Å². The third-order valence-corrected chi connectivity index (χ3v) is 3.17. The number of rotatable bonds is 4. The highest BCUT2D eigenvalue weighted by Crippen LogP contribution is 2.28. The molecule has 0 radical (unpaired) electrons. The quantitative estimate of drug-likeness (QED) is 0.405. The lowest BCUT2D eigenvalue weighted by Crippen LogP contribution is -2.36. The summed E-state index contributed by atoms with van der Waals surface area (Å²) in [5.74, 6) is -0.282. The smallest absolute Gasteiger partial charge is 0.387 e. The lowest BCUT2D eigenvalue weighted by atomic mass is 10.1. The number of aliphatic hydroxyl groups excluding tert-OH is 2. The van der Waals surface area contributed by atoms with Crippen molar-refractivity contribution in [2.24, 2.45) is 0 Å². The fourth-order valence-electron chi connectivity index (χ4n) is 1.78. The number of hydrogen-bond donors (Lipinski definition) is 4. The van der Waals surface area contributed by atoms with Crippen LogP contribution < -0.4 is 11.4 Å². The Morgan fingerprint density at radius 2 is 2.10 bits per heavy atom. The van der Waals surface area contributed by atoms with Gasteiger partial charge in [-0.05, 0) is 0 Å². The van der Waals surface area contributed by atoms with Crippen molar-refractivity contribution in [3.63, 3.8) is 0 Å². The van der Waals surface area contributed by atoms with Gasteiger partial charge in [0.05, 0.1) is 6.61 Å². The Hall–Kier alpha value is -1.64. The van der Waals surface area contributed by atoms with Crippen LogP contribution in [0, 0.1) is 0 Å². The van der Waals surface area contributed by atoms with Gasteiger partial charge in [0.2, 0.25) is 5.95 Å². The van der Waals surface area contributed by atoms with Crippen LogP contribution in [0.2, 0.25) is 0 Å². The minimum absolute atomic E-state index is 0.282. The Morgan fingerprint density at radius 1 is 1.43 bits per heavy atom. The monoisotopic (exact) mass is 324 g/mol. The largest absolute Gasteiger partial charge is 0.397 e. The zero-order valence-corrected chi connectivity index (χ0v) is 11.1. The van der Waals surface area contributed by atoms with Crippen molar-refractivity contribution in [2.45, 2.75) is 24.5 Å². The van der Waals surface area contributed by atoms with Gasteiger partial charge in [0, 0.05) is 0 Å². The second kappa shape index (κ2) is 5.63. The number of ether oxygens (including phenoxy) is 1. The van der Waals surface area contributed by atoms with Crippen molar-refractivity contribution in [1.82, 2.24) is 14.5 Å². The Bertz CT molecular complexity index is 675. The van der Waals surface area contributed by atoms with Crippen LogP contribution in [0.15, 0.2) is 11.1 Å². The molecule has 1 saturated heterocycles.